The first-order valence-corrected chi connectivity index (χ1v) is 5.48. The van der Waals surface area contributed by atoms with Gasteiger partial charge in [0.1, 0.15) is 5.82 Å². The average molecular weight is 206 g/mol. The largest absolute Gasteiger partial charge is 0.312 e. The lowest BCUT2D eigenvalue weighted by atomic mass is 10.2. The number of rotatable bonds is 2. The summed E-state index contributed by atoms with van der Waals surface area (Å²) in [6.45, 7) is 8.37. The third kappa shape index (κ3) is 2.97. The molecule has 82 valence electrons. The molecule has 4 heteroatoms. The van der Waals surface area contributed by atoms with Crippen LogP contribution in [0.1, 0.15) is 18.4 Å². The van der Waals surface area contributed by atoms with E-state index in [9.17, 15) is 0 Å². The predicted octanol–water partition coefficient (Wildman–Crippen LogP) is 0.579. The molecule has 1 aliphatic rings. The number of aromatic nitrogens is 2. The fourth-order valence-electron chi connectivity index (χ4n) is 1.98. The summed E-state index contributed by atoms with van der Waals surface area (Å²) in [5.74, 6) is 0.857. The second-order valence-corrected chi connectivity index (χ2v) is 4.19. The van der Waals surface area contributed by atoms with E-state index in [0.29, 0.717) is 6.04 Å². The molecule has 0 aromatic carbocycles. The van der Waals surface area contributed by atoms with Crippen molar-refractivity contribution in [2.24, 2.45) is 0 Å². The summed E-state index contributed by atoms with van der Waals surface area (Å²) >= 11 is 0. The molecule has 1 fully saturated rings. The zero-order chi connectivity index (χ0) is 10.7. The number of piperazine rings is 1. The highest BCUT2D eigenvalue weighted by Crippen LogP contribution is 2.05. The summed E-state index contributed by atoms with van der Waals surface area (Å²) in [6, 6.07) is 2.58. The van der Waals surface area contributed by atoms with Crippen LogP contribution in [0.3, 0.4) is 0 Å². The van der Waals surface area contributed by atoms with Gasteiger partial charge in [0.05, 0.1) is 5.69 Å². The molecule has 1 atom stereocenters. The normalized spacial score (nSPS) is 22.9. The van der Waals surface area contributed by atoms with Crippen LogP contribution in [0.2, 0.25) is 0 Å². The lowest BCUT2D eigenvalue weighted by Crippen LogP contribution is -2.48. The monoisotopic (exact) mass is 206 g/mol. The van der Waals surface area contributed by atoms with Crippen molar-refractivity contribution in [1.82, 2.24) is 20.2 Å². The van der Waals surface area contributed by atoms with Crippen molar-refractivity contribution in [3.05, 3.63) is 23.8 Å². The Morgan fingerprint density at radius 2 is 2.47 bits per heavy atom. The van der Waals surface area contributed by atoms with E-state index in [0.717, 1.165) is 37.7 Å². The van der Waals surface area contributed by atoms with E-state index < -0.39 is 0 Å². The Morgan fingerprint density at radius 1 is 1.60 bits per heavy atom. The van der Waals surface area contributed by atoms with Crippen molar-refractivity contribution in [3.63, 3.8) is 0 Å². The van der Waals surface area contributed by atoms with Gasteiger partial charge in [-0.2, -0.15) is 0 Å². The van der Waals surface area contributed by atoms with Crippen molar-refractivity contribution in [2.45, 2.75) is 26.4 Å². The zero-order valence-corrected chi connectivity index (χ0v) is 9.40. The standard InChI is InChI=1S/C11H18N4/c1-9-7-15(6-5-12-9)8-11-3-4-13-10(2)14-11/h3-4,9,12H,5-8H2,1-2H3. The van der Waals surface area contributed by atoms with Crippen molar-refractivity contribution in [2.75, 3.05) is 19.6 Å². The Kier molecular flexibility index (Phi) is 3.28. The highest BCUT2D eigenvalue weighted by molar-refractivity contribution is 5.01. The second-order valence-electron chi connectivity index (χ2n) is 4.19. The summed E-state index contributed by atoms with van der Waals surface area (Å²) in [5.41, 5.74) is 1.12. The molecule has 1 aliphatic heterocycles. The van der Waals surface area contributed by atoms with E-state index in [1.165, 1.54) is 0 Å². The van der Waals surface area contributed by atoms with E-state index >= 15 is 0 Å². The van der Waals surface area contributed by atoms with Gasteiger partial charge in [0.2, 0.25) is 0 Å². The van der Waals surface area contributed by atoms with Crippen LogP contribution in [0, 0.1) is 6.92 Å². The first-order valence-electron chi connectivity index (χ1n) is 5.48. The van der Waals surface area contributed by atoms with Gasteiger partial charge in [0, 0.05) is 38.4 Å². The number of hydrogen-bond acceptors (Lipinski definition) is 4. The van der Waals surface area contributed by atoms with E-state index in [1.54, 1.807) is 0 Å². The maximum absolute atomic E-state index is 4.42. The first kappa shape index (κ1) is 10.5. The van der Waals surface area contributed by atoms with Crippen LogP contribution in [0.15, 0.2) is 12.3 Å². The minimum Gasteiger partial charge on any atom is -0.312 e. The molecule has 0 bridgehead atoms. The molecule has 1 N–H and O–H groups in total. The lowest BCUT2D eigenvalue weighted by molar-refractivity contribution is 0.197. The van der Waals surface area contributed by atoms with Gasteiger partial charge in [-0.15, -0.1) is 0 Å². The van der Waals surface area contributed by atoms with Crippen molar-refractivity contribution in [3.8, 4) is 0 Å². The fraction of sp³-hybridized carbons (Fsp3) is 0.636. The Hall–Kier alpha value is -1.00. The molecular formula is C11H18N4. The molecule has 4 nitrogen and oxygen atoms in total. The van der Waals surface area contributed by atoms with Gasteiger partial charge in [-0.25, -0.2) is 9.97 Å². The van der Waals surface area contributed by atoms with Crippen LogP contribution in [0.5, 0.6) is 0 Å². The van der Waals surface area contributed by atoms with Crippen LogP contribution in [-0.4, -0.2) is 40.5 Å². The Bertz CT molecular complexity index is 326. The van der Waals surface area contributed by atoms with Crippen LogP contribution in [-0.2, 0) is 6.54 Å². The molecule has 1 unspecified atom stereocenters. The van der Waals surface area contributed by atoms with Gasteiger partial charge >= 0.3 is 0 Å². The molecule has 1 saturated heterocycles. The topological polar surface area (TPSA) is 41.1 Å². The Labute approximate surface area is 90.7 Å². The molecule has 0 radical (unpaired) electrons. The molecular weight excluding hydrogens is 188 g/mol. The number of hydrogen-bond donors (Lipinski definition) is 1. The molecule has 2 rings (SSSR count). The molecule has 0 spiro atoms. The van der Waals surface area contributed by atoms with Crippen molar-refractivity contribution in [1.29, 1.82) is 0 Å². The molecule has 0 aliphatic carbocycles. The molecule has 0 amide bonds. The summed E-state index contributed by atoms with van der Waals surface area (Å²) in [5, 5.41) is 3.43. The third-order valence-electron chi connectivity index (χ3n) is 2.67. The van der Waals surface area contributed by atoms with E-state index in [4.69, 9.17) is 0 Å². The number of nitrogens with zero attached hydrogens (tertiary/aromatic N) is 3. The minimum absolute atomic E-state index is 0.585. The second kappa shape index (κ2) is 4.68. The minimum atomic E-state index is 0.585. The van der Waals surface area contributed by atoms with Crippen molar-refractivity contribution >= 4 is 0 Å². The summed E-state index contributed by atoms with van der Waals surface area (Å²) < 4.78 is 0. The smallest absolute Gasteiger partial charge is 0.125 e. The molecule has 0 saturated carbocycles. The lowest BCUT2D eigenvalue weighted by Gasteiger charge is -2.31. The highest BCUT2D eigenvalue weighted by Gasteiger charge is 2.15. The van der Waals surface area contributed by atoms with Gasteiger partial charge in [-0.05, 0) is 19.9 Å². The third-order valence-corrected chi connectivity index (χ3v) is 2.67. The van der Waals surface area contributed by atoms with Gasteiger partial charge < -0.3 is 5.32 Å². The maximum Gasteiger partial charge on any atom is 0.125 e. The highest BCUT2D eigenvalue weighted by atomic mass is 15.2. The summed E-state index contributed by atoms with van der Waals surface area (Å²) in [4.78, 5) is 11.0. The summed E-state index contributed by atoms with van der Waals surface area (Å²) in [7, 11) is 0. The fourth-order valence-corrected chi connectivity index (χ4v) is 1.98. The first-order chi connectivity index (χ1) is 7.24. The van der Waals surface area contributed by atoms with Crippen LogP contribution in [0.25, 0.3) is 0 Å². The van der Waals surface area contributed by atoms with Gasteiger partial charge in [-0.3, -0.25) is 4.90 Å². The molecule has 15 heavy (non-hydrogen) atoms. The Balaban J connectivity index is 1.96. The predicted molar refractivity (Wildman–Crippen MR) is 59.5 cm³/mol. The van der Waals surface area contributed by atoms with Gasteiger partial charge in [-0.1, -0.05) is 0 Å². The van der Waals surface area contributed by atoms with E-state index in [-0.39, 0.29) is 0 Å². The maximum atomic E-state index is 4.42. The Morgan fingerprint density at radius 3 is 3.20 bits per heavy atom. The van der Waals surface area contributed by atoms with Crippen LogP contribution in [0.4, 0.5) is 0 Å². The van der Waals surface area contributed by atoms with E-state index in [2.05, 4.69) is 27.1 Å². The average Bonchev–Trinajstić information content (AvgIpc) is 2.17. The van der Waals surface area contributed by atoms with Gasteiger partial charge in [0.15, 0.2) is 0 Å². The van der Waals surface area contributed by atoms with Gasteiger partial charge in [0.25, 0.3) is 0 Å². The van der Waals surface area contributed by atoms with Crippen LogP contribution < -0.4 is 5.32 Å². The SMILES string of the molecule is Cc1nccc(CN2CCNC(C)C2)n1. The quantitative estimate of drug-likeness (QED) is 0.768. The molecule has 1 aromatic heterocycles. The van der Waals surface area contributed by atoms with Crippen LogP contribution >= 0.6 is 0 Å². The molecule has 1 aromatic rings. The summed E-state index contributed by atoms with van der Waals surface area (Å²) in [6.07, 6.45) is 1.84. The zero-order valence-electron chi connectivity index (χ0n) is 9.40. The number of nitrogens with one attached hydrogen (secondary N) is 1. The molecule has 2 heterocycles. The van der Waals surface area contributed by atoms with E-state index in [1.807, 2.05) is 19.2 Å². The number of aryl methyl sites for hydroxylation is 1. The van der Waals surface area contributed by atoms with Crippen molar-refractivity contribution < 1.29 is 0 Å².